The van der Waals surface area contributed by atoms with Crippen LogP contribution < -0.4 is 10.6 Å². The minimum Gasteiger partial charge on any atom is -0.339 e. The summed E-state index contributed by atoms with van der Waals surface area (Å²) in [6, 6.07) is 14.3. The largest absolute Gasteiger partial charge is 0.339 e. The molecule has 0 aromatic heterocycles. The topological polar surface area (TPSA) is 61.4 Å². The fourth-order valence-corrected chi connectivity index (χ4v) is 3.66. The first kappa shape index (κ1) is 19.5. The molecule has 1 saturated heterocycles. The molecule has 0 bridgehead atoms. The van der Waals surface area contributed by atoms with Gasteiger partial charge in [-0.1, -0.05) is 18.2 Å². The first-order valence-electron chi connectivity index (χ1n) is 8.81. The Hall–Kier alpha value is -2.25. The second-order valence-electron chi connectivity index (χ2n) is 6.32. The van der Waals surface area contributed by atoms with Crippen LogP contribution in [0.3, 0.4) is 0 Å². The van der Waals surface area contributed by atoms with Gasteiger partial charge in [0.2, 0.25) is 0 Å². The van der Waals surface area contributed by atoms with Gasteiger partial charge in [0.15, 0.2) is 5.11 Å². The van der Waals surface area contributed by atoms with Crippen LogP contribution in [-0.4, -0.2) is 34.9 Å². The van der Waals surface area contributed by atoms with Crippen molar-refractivity contribution in [3.05, 3.63) is 64.1 Å². The summed E-state index contributed by atoms with van der Waals surface area (Å²) in [6.45, 7) is 1.60. The van der Waals surface area contributed by atoms with Gasteiger partial charge in [-0.2, -0.15) is 0 Å². The number of nitrogens with zero attached hydrogens (tertiary/aromatic N) is 1. The van der Waals surface area contributed by atoms with Gasteiger partial charge in [0.05, 0.1) is 5.56 Å². The number of thiocarbonyl (C=S) groups is 1. The van der Waals surface area contributed by atoms with E-state index in [4.69, 9.17) is 12.2 Å². The van der Waals surface area contributed by atoms with Crippen molar-refractivity contribution in [2.75, 3.05) is 18.4 Å². The van der Waals surface area contributed by atoms with E-state index in [0.717, 1.165) is 25.9 Å². The predicted molar refractivity (Wildman–Crippen MR) is 114 cm³/mol. The maximum atomic E-state index is 12.6. The van der Waals surface area contributed by atoms with E-state index in [9.17, 15) is 9.59 Å². The molecular weight excluding hydrogens is 426 g/mol. The third kappa shape index (κ3) is 5.14. The molecule has 140 valence electrons. The Bertz CT molecular complexity index is 866. The van der Waals surface area contributed by atoms with Gasteiger partial charge in [0.1, 0.15) is 0 Å². The third-order valence-corrected chi connectivity index (χ3v) is 5.25. The summed E-state index contributed by atoms with van der Waals surface area (Å²) < 4.78 is 0.694. The number of hydrogen-bond donors (Lipinski definition) is 2. The number of anilines is 1. The molecule has 1 aliphatic heterocycles. The van der Waals surface area contributed by atoms with E-state index < -0.39 is 0 Å². The Morgan fingerprint density at radius 2 is 1.74 bits per heavy atom. The maximum absolute atomic E-state index is 12.6. The van der Waals surface area contributed by atoms with E-state index in [1.807, 2.05) is 17.0 Å². The van der Waals surface area contributed by atoms with Crippen molar-refractivity contribution in [3.63, 3.8) is 0 Å². The zero-order valence-electron chi connectivity index (χ0n) is 14.7. The molecule has 1 fully saturated rings. The van der Waals surface area contributed by atoms with Gasteiger partial charge < -0.3 is 10.2 Å². The van der Waals surface area contributed by atoms with Gasteiger partial charge >= 0.3 is 0 Å². The molecule has 2 amide bonds. The van der Waals surface area contributed by atoms with Crippen molar-refractivity contribution in [1.82, 2.24) is 10.2 Å². The van der Waals surface area contributed by atoms with Crippen LogP contribution in [0.2, 0.25) is 0 Å². The first-order chi connectivity index (χ1) is 13.0. The summed E-state index contributed by atoms with van der Waals surface area (Å²) in [5.74, 6) is -0.276. The number of hydrogen-bond acceptors (Lipinski definition) is 3. The Kier molecular flexibility index (Phi) is 6.58. The Morgan fingerprint density at radius 1 is 1.00 bits per heavy atom. The second kappa shape index (κ2) is 9.10. The van der Waals surface area contributed by atoms with E-state index in [-0.39, 0.29) is 16.9 Å². The van der Waals surface area contributed by atoms with Gasteiger partial charge in [-0.25, -0.2) is 0 Å². The minimum atomic E-state index is -0.305. The van der Waals surface area contributed by atoms with Crippen molar-refractivity contribution in [2.45, 2.75) is 19.3 Å². The molecule has 0 atom stereocenters. The third-order valence-electron chi connectivity index (χ3n) is 4.36. The van der Waals surface area contributed by atoms with Crippen molar-refractivity contribution < 1.29 is 9.59 Å². The monoisotopic (exact) mass is 445 g/mol. The van der Waals surface area contributed by atoms with Gasteiger partial charge in [-0.15, -0.1) is 0 Å². The maximum Gasteiger partial charge on any atom is 0.258 e. The molecule has 0 aliphatic carbocycles. The molecule has 7 heteroatoms. The minimum absolute atomic E-state index is 0.0292. The number of nitrogens with one attached hydrogen (secondary N) is 2. The highest BCUT2D eigenvalue weighted by molar-refractivity contribution is 9.10. The Labute approximate surface area is 172 Å². The van der Waals surface area contributed by atoms with Crippen molar-refractivity contribution in [2.24, 2.45) is 0 Å². The van der Waals surface area contributed by atoms with E-state index in [2.05, 4.69) is 26.6 Å². The second-order valence-corrected chi connectivity index (χ2v) is 7.58. The molecule has 2 aromatic rings. The highest BCUT2D eigenvalue weighted by Gasteiger charge is 2.18. The van der Waals surface area contributed by atoms with Crippen LogP contribution in [0, 0.1) is 0 Å². The lowest BCUT2D eigenvalue weighted by Gasteiger charge is -2.26. The molecule has 3 rings (SSSR count). The number of likely N-dealkylation sites (tertiary alicyclic amines) is 1. The molecule has 2 N–H and O–H groups in total. The number of benzene rings is 2. The zero-order valence-corrected chi connectivity index (χ0v) is 17.1. The summed E-state index contributed by atoms with van der Waals surface area (Å²) in [4.78, 5) is 26.8. The number of carbonyl (C=O) groups excluding carboxylic acids is 2. The lowest BCUT2D eigenvalue weighted by Crippen LogP contribution is -2.36. The molecule has 5 nitrogen and oxygen atoms in total. The van der Waals surface area contributed by atoms with Crippen LogP contribution in [0.1, 0.15) is 40.0 Å². The van der Waals surface area contributed by atoms with Crippen LogP contribution >= 0.6 is 28.1 Å². The molecule has 27 heavy (non-hydrogen) atoms. The van der Waals surface area contributed by atoms with E-state index in [1.165, 1.54) is 6.42 Å². The fraction of sp³-hybridized carbons (Fsp3) is 0.250. The summed E-state index contributed by atoms with van der Waals surface area (Å²) >= 11 is 8.59. The van der Waals surface area contributed by atoms with Crippen LogP contribution in [0.25, 0.3) is 0 Å². The first-order valence-corrected chi connectivity index (χ1v) is 10.0. The molecule has 0 radical (unpaired) electrons. The number of halogens is 1. The van der Waals surface area contributed by atoms with Crippen molar-refractivity contribution in [1.29, 1.82) is 0 Å². The van der Waals surface area contributed by atoms with Gasteiger partial charge in [0, 0.05) is 28.8 Å². The summed E-state index contributed by atoms with van der Waals surface area (Å²) in [7, 11) is 0. The summed E-state index contributed by atoms with van der Waals surface area (Å²) in [6.07, 6.45) is 3.28. The average Bonchev–Trinajstić information content (AvgIpc) is 2.68. The van der Waals surface area contributed by atoms with Crippen LogP contribution in [0.5, 0.6) is 0 Å². The number of carbonyl (C=O) groups is 2. The molecule has 0 spiro atoms. The van der Waals surface area contributed by atoms with Gasteiger partial charge in [0.25, 0.3) is 11.8 Å². The van der Waals surface area contributed by atoms with Gasteiger partial charge in [-0.3, -0.25) is 14.9 Å². The number of amides is 2. The quantitative estimate of drug-likeness (QED) is 0.694. The van der Waals surface area contributed by atoms with Gasteiger partial charge in [-0.05, 0) is 77.7 Å². The molecule has 2 aromatic carbocycles. The molecule has 0 unspecified atom stereocenters. The molecule has 1 aliphatic rings. The Morgan fingerprint density at radius 3 is 2.48 bits per heavy atom. The highest BCUT2D eigenvalue weighted by atomic mass is 79.9. The normalized spacial score (nSPS) is 13.7. The number of rotatable bonds is 3. The fourth-order valence-electron chi connectivity index (χ4n) is 2.99. The Balaban J connectivity index is 1.63. The smallest absolute Gasteiger partial charge is 0.258 e. The molecule has 1 heterocycles. The van der Waals surface area contributed by atoms with E-state index in [1.54, 1.807) is 36.4 Å². The highest BCUT2D eigenvalue weighted by Crippen LogP contribution is 2.17. The van der Waals surface area contributed by atoms with Crippen LogP contribution in [-0.2, 0) is 0 Å². The molecular formula is C20H20BrN3O2S. The predicted octanol–water partition coefficient (Wildman–Crippen LogP) is 4.20. The van der Waals surface area contributed by atoms with Crippen LogP contribution in [0.15, 0.2) is 53.0 Å². The van der Waals surface area contributed by atoms with E-state index in [0.29, 0.717) is 21.3 Å². The van der Waals surface area contributed by atoms with Crippen molar-refractivity contribution in [3.8, 4) is 0 Å². The van der Waals surface area contributed by atoms with Crippen molar-refractivity contribution >= 4 is 50.8 Å². The summed E-state index contributed by atoms with van der Waals surface area (Å²) in [5.41, 5.74) is 1.77. The zero-order chi connectivity index (χ0) is 19.2. The lowest BCUT2D eigenvalue weighted by atomic mass is 10.1. The molecule has 0 saturated carbocycles. The number of piperidine rings is 1. The average molecular weight is 446 g/mol. The standard InChI is InChI=1S/C20H20BrN3O2S/c21-17-10-3-2-9-16(17)18(25)23-20(27)22-15-8-6-7-14(13-15)19(26)24-11-4-1-5-12-24/h2-3,6-10,13H,1,4-5,11-12H2,(H2,22,23,25,27). The lowest BCUT2D eigenvalue weighted by molar-refractivity contribution is 0.0724. The van der Waals surface area contributed by atoms with E-state index >= 15 is 0 Å². The van der Waals surface area contributed by atoms with Crippen LogP contribution in [0.4, 0.5) is 5.69 Å². The summed E-state index contributed by atoms with van der Waals surface area (Å²) in [5, 5.41) is 5.81. The SMILES string of the molecule is O=C(NC(=S)Nc1cccc(C(=O)N2CCCCC2)c1)c1ccccc1Br.